The first-order valence-electron chi connectivity index (χ1n) is 6.83. The zero-order chi connectivity index (χ0) is 17.9. The third kappa shape index (κ3) is 4.43. The van der Waals surface area contributed by atoms with Crippen molar-refractivity contribution in [2.75, 3.05) is 11.9 Å². The van der Waals surface area contributed by atoms with Crippen molar-refractivity contribution in [3.05, 3.63) is 47.4 Å². The molecule has 3 N–H and O–H groups in total. The third-order valence-corrected chi connectivity index (χ3v) is 3.99. The minimum absolute atomic E-state index is 0.0715. The summed E-state index contributed by atoms with van der Waals surface area (Å²) < 4.78 is 32.4. The van der Waals surface area contributed by atoms with Crippen molar-refractivity contribution in [3.63, 3.8) is 0 Å². The quantitative estimate of drug-likeness (QED) is 0.781. The fourth-order valence-corrected chi connectivity index (χ4v) is 2.48. The van der Waals surface area contributed by atoms with Crippen LogP contribution in [0.1, 0.15) is 21.9 Å². The van der Waals surface area contributed by atoms with Gasteiger partial charge in [0.25, 0.3) is 5.91 Å². The van der Waals surface area contributed by atoms with E-state index in [9.17, 15) is 18.0 Å². The number of amides is 1. The lowest BCUT2D eigenvalue weighted by atomic mass is 10.2. The van der Waals surface area contributed by atoms with Crippen molar-refractivity contribution < 1.29 is 27.2 Å². The fraction of sp³-hybridized carbons (Fsp3) is 0.200. The van der Waals surface area contributed by atoms with Crippen molar-refractivity contribution in [1.82, 2.24) is 0 Å². The number of hydrogen-bond donors (Lipinski definition) is 2. The van der Waals surface area contributed by atoms with E-state index in [1.54, 1.807) is 13.8 Å². The van der Waals surface area contributed by atoms with E-state index in [1.807, 2.05) is 0 Å². The van der Waals surface area contributed by atoms with Gasteiger partial charge in [-0.1, -0.05) is 0 Å². The Bertz CT molecular complexity index is 868. The minimum atomic E-state index is -3.79. The number of anilines is 1. The lowest BCUT2D eigenvalue weighted by Gasteiger charge is -2.07. The highest BCUT2D eigenvalue weighted by Gasteiger charge is 2.16. The molecule has 1 amide bonds. The van der Waals surface area contributed by atoms with E-state index in [0.29, 0.717) is 17.2 Å². The van der Waals surface area contributed by atoms with Crippen molar-refractivity contribution >= 4 is 27.6 Å². The van der Waals surface area contributed by atoms with Gasteiger partial charge in [0.1, 0.15) is 17.1 Å². The van der Waals surface area contributed by atoms with E-state index >= 15 is 0 Å². The molecule has 0 saturated heterocycles. The van der Waals surface area contributed by atoms with Crippen LogP contribution in [0, 0.1) is 13.8 Å². The second-order valence-electron chi connectivity index (χ2n) is 5.02. The van der Waals surface area contributed by atoms with Crippen LogP contribution < -0.4 is 10.5 Å². The van der Waals surface area contributed by atoms with Gasteiger partial charge in [0.15, 0.2) is 6.61 Å². The van der Waals surface area contributed by atoms with Crippen LogP contribution in [0.15, 0.2) is 39.6 Å². The number of nitrogens with one attached hydrogen (secondary N) is 1. The maximum atomic E-state index is 11.8. The summed E-state index contributed by atoms with van der Waals surface area (Å²) in [4.78, 5) is 23.5. The van der Waals surface area contributed by atoms with Gasteiger partial charge in [-0.25, -0.2) is 18.4 Å². The SMILES string of the molecule is Cc1cc(C(=O)OCC(=O)Nc2ccc(S(N)(=O)=O)cc2)c(C)o1. The summed E-state index contributed by atoms with van der Waals surface area (Å²) in [5.74, 6) is -0.246. The predicted octanol–water partition coefficient (Wildman–Crippen LogP) is 1.34. The Morgan fingerprint density at radius 1 is 1.21 bits per heavy atom. The molecular formula is C15H16N2O6S. The van der Waals surface area contributed by atoms with Gasteiger partial charge >= 0.3 is 5.97 Å². The molecule has 0 radical (unpaired) electrons. The van der Waals surface area contributed by atoms with Gasteiger partial charge in [-0.3, -0.25) is 4.79 Å². The second-order valence-corrected chi connectivity index (χ2v) is 6.58. The molecule has 0 fully saturated rings. The lowest BCUT2D eigenvalue weighted by Crippen LogP contribution is -2.21. The normalized spacial score (nSPS) is 11.1. The number of nitrogens with two attached hydrogens (primary N) is 1. The fourth-order valence-electron chi connectivity index (χ4n) is 1.97. The van der Waals surface area contributed by atoms with Gasteiger partial charge in [-0.2, -0.15) is 0 Å². The summed E-state index contributed by atoms with van der Waals surface area (Å²) in [5, 5.41) is 7.45. The van der Waals surface area contributed by atoms with E-state index in [4.69, 9.17) is 14.3 Å². The predicted molar refractivity (Wildman–Crippen MR) is 84.9 cm³/mol. The number of primary sulfonamides is 1. The molecule has 1 aromatic heterocycles. The van der Waals surface area contributed by atoms with E-state index in [2.05, 4.69) is 5.32 Å². The first-order chi connectivity index (χ1) is 11.2. The van der Waals surface area contributed by atoms with Crippen LogP contribution in [0.5, 0.6) is 0 Å². The molecule has 128 valence electrons. The maximum Gasteiger partial charge on any atom is 0.342 e. The topological polar surface area (TPSA) is 129 Å². The summed E-state index contributed by atoms with van der Waals surface area (Å²) in [6.45, 7) is 2.83. The van der Waals surface area contributed by atoms with E-state index in [1.165, 1.54) is 30.3 Å². The molecule has 8 nitrogen and oxygen atoms in total. The molecule has 9 heteroatoms. The van der Waals surface area contributed by atoms with E-state index in [-0.39, 0.29) is 10.5 Å². The summed E-state index contributed by atoms with van der Waals surface area (Å²) in [5.41, 5.74) is 0.608. The van der Waals surface area contributed by atoms with Crippen LogP contribution in [-0.4, -0.2) is 26.9 Å². The first-order valence-corrected chi connectivity index (χ1v) is 8.38. The van der Waals surface area contributed by atoms with Gasteiger partial charge in [-0.05, 0) is 44.2 Å². The summed E-state index contributed by atoms with van der Waals surface area (Å²) in [7, 11) is -3.79. The van der Waals surface area contributed by atoms with Gasteiger partial charge < -0.3 is 14.5 Å². The highest BCUT2D eigenvalue weighted by Crippen LogP contribution is 2.15. The van der Waals surface area contributed by atoms with E-state index in [0.717, 1.165) is 0 Å². The summed E-state index contributed by atoms with van der Waals surface area (Å²) >= 11 is 0. The number of furan rings is 1. The molecule has 0 atom stereocenters. The number of benzene rings is 1. The smallest absolute Gasteiger partial charge is 0.342 e. The van der Waals surface area contributed by atoms with Gasteiger partial charge in [0.05, 0.1) is 4.90 Å². The Hall–Kier alpha value is -2.65. The molecule has 0 aliphatic rings. The van der Waals surface area contributed by atoms with Crippen LogP contribution in [0.4, 0.5) is 5.69 Å². The Morgan fingerprint density at radius 2 is 1.83 bits per heavy atom. The van der Waals surface area contributed by atoms with Crippen LogP contribution >= 0.6 is 0 Å². The number of carbonyl (C=O) groups excluding carboxylic acids is 2. The summed E-state index contributed by atoms with van der Waals surface area (Å²) in [6.07, 6.45) is 0. The largest absolute Gasteiger partial charge is 0.466 e. The zero-order valence-corrected chi connectivity index (χ0v) is 13.8. The molecule has 24 heavy (non-hydrogen) atoms. The number of ether oxygens (including phenoxy) is 1. The van der Waals surface area contributed by atoms with Crippen molar-refractivity contribution in [2.24, 2.45) is 5.14 Å². The van der Waals surface area contributed by atoms with Gasteiger partial charge in [0.2, 0.25) is 10.0 Å². The standard InChI is InChI=1S/C15H16N2O6S/c1-9-7-13(10(2)23-9)15(19)22-8-14(18)17-11-3-5-12(6-4-11)24(16,20)21/h3-7H,8H2,1-2H3,(H,17,18)(H2,16,20,21). The number of aryl methyl sites for hydroxylation is 2. The van der Waals surface area contributed by atoms with Crippen LogP contribution in [0.25, 0.3) is 0 Å². The highest BCUT2D eigenvalue weighted by molar-refractivity contribution is 7.89. The van der Waals surface area contributed by atoms with Crippen molar-refractivity contribution in [2.45, 2.75) is 18.7 Å². The second kappa shape index (κ2) is 6.85. The van der Waals surface area contributed by atoms with Crippen molar-refractivity contribution in [3.8, 4) is 0 Å². The average molecular weight is 352 g/mol. The van der Waals surface area contributed by atoms with Crippen LogP contribution in [-0.2, 0) is 19.6 Å². The molecule has 2 rings (SSSR count). The highest BCUT2D eigenvalue weighted by atomic mass is 32.2. The molecule has 0 bridgehead atoms. The van der Waals surface area contributed by atoms with Crippen molar-refractivity contribution in [1.29, 1.82) is 0 Å². The number of carbonyl (C=O) groups is 2. The number of hydrogen-bond acceptors (Lipinski definition) is 6. The summed E-state index contributed by atoms with van der Waals surface area (Å²) in [6, 6.07) is 6.80. The molecule has 1 aromatic carbocycles. The maximum absolute atomic E-state index is 11.8. The minimum Gasteiger partial charge on any atom is -0.466 e. The lowest BCUT2D eigenvalue weighted by molar-refractivity contribution is -0.119. The molecular weight excluding hydrogens is 336 g/mol. The molecule has 0 aliphatic carbocycles. The zero-order valence-electron chi connectivity index (χ0n) is 13.0. The average Bonchev–Trinajstić information content (AvgIpc) is 2.83. The van der Waals surface area contributed by atoms with Crippen LogP contribution in [0.3, 0.4) is 0 Å². The molecule has 1 heterocycles. The molecule has 2 aromatic rings. The Labute approximate surface area is 138 Å². The Kier molecular flexibility index (Phi) is 5.05. The van der Waals surface area contributed by atoms with Gasteiger partial charge in [-0.15, -0.1) is 0 Å². The first kappa shape index (κ1) is 17.7. The third-order valence-electron chi connectivity index (χ3n) is 3.06. The number of esters is 1. The molecule has 0 aliphatic heterocycles. The van der Waals surface area contributed by atoms with Crippen LogP contribution in [0.2, 0.25) is 0 Å². The number of sulfonamides is 1. The monoisotopic (exact) mass is 352 g/mol. The molecule has 0 saturated carbocycles. The van der Waals surface area contributed by atoms with Gasteiger partial charge in [0, 0.05) is 5.69 Å². The van der Waals surface area contributed by atoms with E-state index < -0.39 is 28.5 Å². The molecule has 0 spiro atoms. The Balaban J connectivity index is 1.91. The Morgan fingerprint density at radius 3 is 2.33 bits per heavy atom. The number of rotatable bonds is 5. The molecule has 0 unspecified atom stereocenters.